The van der Waals surface area contributed by atoms with Gasteiger partial charge in [0.1, 0.15) is 5.41 Å². The van der Waals surface area contributed by atoms with Crippen molar-refractivity contribution in [2.45, 2.75) is 12.8 Å². The van der Waals surface area contributed by atoms with Gasteiger partial charge in [-0.15, -0.1) is 0 Å². The smallest absolute Gasteiger partial charge is 0.282 e. The third-order valence-electron chi connectivity index (χ3n) is 4.40. The summed E-state index contributed by atoms with van der Waals surface area (Å²) in [5.41, 5.74) is 10.3. The van der Waals surface area contributed by atoms with Gasteiger partial charge in [0.2, 0.25) is 5.70 Å². The van der Waals surface area contributed by atoms with E-state index in [9.17, 15) is 20.2 Å². The highest BCUT2D eigenvalue weighted by Crippen LogP contribution is 2.46. The molecule has 0 saturated heterocycles. The van der Waals surface area contributed by atoms with Crippen LogP contribution in [0.25, 0.3) is 0 Å². The first-order chi connectivity index (χ1) is 11.3. The molecule has 0 atom stereocenters. The van der Waals surface area contributed by atoms with E-state index in [4.69, 9.17) is 11.5 Å². The Morgan fingerprint density at radius 3 is 2.21 bits per heavy atom. The molecule has 2 spiro atoms. The van der Waals surface area contributed by atoms with Crippen molar-refractivity contribution in [2.75, 3.05) is 0 Å². The van der Waals surface area contributed by atoms with E-state index in [-0.39, 0.29) is 29.9 Å². The van der Waals surface area contributed by atoms with E-state index < -0.39 is 20.7 Å². The van der Waals surface area contributed by atoms with Gasteiger partial charge >= 0.3 is 0 Å². The third-order valence-corrected chi connectivity index (χ3v) is 4.40. The summed E-state index contributed by atoms with van der Waals surface area (Å²) < 4.78 is 0. The molecule has 124 valence electrons. The monoisotopic (exact) mass is 328 g/mol. The lowest BCUT2D eigenvalue weighted by atomic mass is 9.69. The average Bonchev–Trinajstić information content (AvgIpc) is 2.50. The summed E-state index contributed by atoms with van der Waals surface area (Å²) in [6.45, 7) is 0. The minimum absolute atomic E-state index is 0.0889. The second-order valence-electron chi connectivity index (χ2n) is 6.13. The molecular weight excluding hydrogens is 312 g/mol. The lowest BCUT2D eigenvalue weighted by Gasteiger charge is -2.33. The van der Waals surface area contributed by atoms with Crippen LogP contribution in [0.4, 0.5) is 0 Å². The first-order valence-electron chi connectivity index (χ1n) is 7.32. The Hall–Kier alpha value is -3.16. The van der Waals surface area contributed by atoms with Gasteiger partial charge in [-0.3, -0.25) is 20.2 Å². The first kappa shape index (κ1) is 15.7. The van der Waals surface area contributed by atoms with Gasteiger partial charge in [0.15, 0.2) is 0 Å². The summed E-state index contributed by atoms with van der Waals surface area (Å²) in [6.07, 6.45) is 13.8. The molecule has 3 aliphatic rings. The van der Waals surface area contributed by atoms with Crippen molar-refractivity contribution < 1.29 is 9.85 Å². The molecule has 0 saturated carbocycles. The number of nitrogens with zero attached hydrogens (tertiary/aromatic N) is 2. The van der Waals surface area contributed by atoms with E-state index in [1.165, 1.54) is 0 Å². The minimum Gasteiger partial charge on any atom is -0.402 e. The molecule has 0 radical (unpaired) electrons. The van der Waals surface area contributed by atoms with Gasteiger partial charge < -0.3 is 11.5 Å². The highest BCUT2D eigenvalue weighted by Gasteiger charge is 2.45. The fourth-order valence-electron chi connectivity index (χ4n) is 3.33. The van der Waals surface area contributed by atoms with Gasteiger partial charge in [-0.05, 0) is 6.08 Å². The molecule has 0 unspecified atom stereocenters. The van der Waals surface area contributed by atoms with E-state index in [0.29, 0.717) is 5.70 Å². The molecule has 0 fully saturated rings. The standard InChI is InChI=1S/C16H16N4O4/c17-11-8-13(18)14(20(23)24)16(9-11)6-4-15(5-7-16)3-1-2-12(10-15)19(21)22/h1,3-7,9-10H,2,8,17-18H2. The summed E-state index contributed by atoms with van der Waals surface area (Å²) in [7, 11) is 0. The van der Waals surface area contributed by atoms with Crippen LogP contribution in [-0.2, 0) is 0 Å². The van der Waals surface area contributed by atoms with Crippen molar-refractivity contribution in [2.24, 2.45) is 22.3 Å². The maximum absolute atomic E-state index is 11.5. The van der Waals surface area contributed by atoms with Crippen LogP contribution < -0.4 is 11.5 Å². The summed E-state index contributed by atoms with van der Waals surface area (Å²) in [4.78, 5) is 21.6. The molecule has 3 rings (SSSR count). The Bertz CT molecular complexity index is 800. The predicted molar refractivity (Wildman–Crippen MR) is 87.1 cm³/mol. The zero-order valence-electron chi connectivity index (χ0n) is 12.7. The Morgan fingerprint density at radius 1 is 0.958 bits per heavy atom. The molecule has 24 heavy (non-hydrogen) atoms. The van der Waals surface area contributed by atoms with Gasteiger partial charge in [0, 0.05) is 23.6 Å². The normalized spacial score (nSPS) is 31.3. The van der Waals surface area contributed by atoms with Gasteiger partial charge in [0.25, 0.3) is 5.70 Å². The molecular formula is C16H16N4O4. The number of nitrogens with two attached hydrogens (primary N) is 2. The van der Waals surface area contributed by atoms with Crippen LogP contribution >= 0.6 is 0 Å². The number of nitro groups is 2. The fourth-order valence-corrected chi connectivity index (χ4v) is 3.33. The largest absolute Gasteiger partial charge is 0.402 e. The van der Waals surface area contributed by atoms with Gasteiger partial charge in [-0.25, -0.2) is 0 Å². The maximum atomic E-state index is 11.5. The Labute approximate surface area is 137 Å². The maximum Gasteiger partial charge on any atom is 0.282 e. The quantitative estimate of drug-likeness (QED) is 0.451. The van der Waals surface area contributed by atoms with Gasteiger partial charge in [0.05, 0.1) is 22.0 Å². The lowest BCUT2D eigenvalue weighted by Crippen LogP contribution is -2.33. The zero-order valence-corrected chi connectivity index (χ0v) is 12.7. The molecule has 0 aromatic carbocycles. The number of allylic oxidation sites excluding steroid dienone is 6. The average molecular weight is 328 g/mol. The predicted octanol–water partition coefficient (Wildman–Crippen LogP) is 1.90. The second-order valence-corrected chi connectivity index (χ2v) is 6.13. The molecule has 0 aromatic rings. The number of hydrogen-bond acceptors (Lipinski definition) is 6. The molecule has 0 amide bonds. The SMILES string of the molecule is NC1=CC2(C=CC3(C=CCC([N+](=O)[O-])=C3)C=C2)C([N+](=O)[O-])=C(N)C1. The topological polar surface area (TPSA) is 138 Å². The van der Waals surface area contributed by atoms with E-state index >= 15 is 0 Å². The Kier molecular flexibility index (Phi) is 3.40. The van der Waals surface area contributed by atoms with Crippen LogP contribution in [-0.4, -0.2) is 9.85 Å². The van der Waals surface area contributed by atoms with Crippen molar-refractivity contribution in [3.63, 3.8) is 0 Å². The molecule has 0 aliphatic heterocycles. The fraction of sp³-hybridized carbons (Fsp3) is 0.250. The Morgan fingerprint density at radius 2 is 1.62 bits per heavy atom. The third kappa shape index (κ3) is 2.41. The van der Waals surface area contributed by atoms with Crippen LogP contribution in [0.3, 0.4) is 0 Å². The molecule has 3 aliphatic carbocycles. The molecule has 4 N–H and O–H groups in total. The molecule has 0 aromatic heterocycles. The van der Waals surface area contributed by atoms with Crippen molar-refractivity contribution in [1.82, 2.24) is 0 Å². The molecule has 8 heteroatoms. The van der Waals surface area contributed by atoms with Crippen molar-refractivity contribution in [1.29, 1.82) is 0 Å². The van der Waals surface area contributed by atoms with Gasteiger partial charge in [-0.1, -0.05) is 36.5 Å². The van der Waals surface area contributed by atoms with Crippen molar-refractivity contribution in [3.05, 3.63) is 91.6 Å². The van der Waals surface area contributed by atoms with Crippen LogP contribution in [0.1, 0.15) is 12.8 Å². The van der Waals surface area contributed by atoms with Crippen LogP contribution in [0.5, 0.6) is 0 Å². The highest BCUT2D eigenvalue weighted by atomic mass is 16.6. The van der Waals surface area contributed by atoms with Crippen molar-refractivity contribution in [3.8, 4) is 0 Å². The molecule has 0 bridgehead atoms. The van der Waals surface area contributed by atoms with Crippen LogP contribution in [0.15, 0.2) is 71.4 Å². The van der Waals surface area contributed by atoms with E-state index in [1.54, 1.807) is 42.5 Å². The van der Waals surface area contributed by atoms with E-state index in [1.807, 2.05) is 6.08 Å². The first-order valence-corrected chi connectivity index (χ1v) is 7.32. The van der Waals surface area contributed by atoms with Crippen LogP contribution in [0, 0.1) is 31.1 Å². The van der Waals surface area contributed by atoms with Crippen molar-refractivity contribution >= 4 is 0 Å². The summed E-state index contributed by atoms with van der Waals surface area (Å²) in [6, 6.07) is 0. The summed E-state index contributed by atoms with van der Waals surface area (Å²) in [5, 5.41) is 22.5. The zero-order chi connectivity index (χ0) is 17.5. The number of rotatable bonds is 2. The molecule has 0 heterocycles. The Balaban J connectivity index is 2.06. The molecule has 8 nitrogen and oxygen atoms in total. The van der Waals surface area contributed by atoms with E-state index in [2.05, 4.69) is 0 Å². The highest BCUT2D eigenvalue weighted by molar-refractivity contribution is 5.48. The lowest BCUT2D eigenvalue weighted by molar-refractivity contribution is -0.436. The summed E-state index contributed by atoms with van der Waals surface area (Å²) >= 11 is 0. The minimum atomic E-state index is -1.13. The van der Waals surface area contributed by atoms with E-state index in [0.717, 1.165) is 0 Å². The van der Waals surface area contributed by atoms with Gasteiger partial charge in [-0.2, -0.15) is 0 Å². The second kappa shape index (κ2) is 5.19. The summed E-state index contributed by atoms with van der Waals surface area (Å²) in [5.74, 6) is 0. The number of hydrogen-bond donors (Lipinski definition) is 2. The van der Waals surface area contributed by atoms with Crippen LogP contribution in [0.2, 0.25) is 0 Å².